The first-order valence-corrected chi connectivity index (χ1v) is 7.63. The molecular weight excluding hydrogens is 240 g/mol. The largest absolute Gasteiger partial charge is 0.392 e. The second-order valence-electron chi connectivity index (χ2n) is 5.97. The highest BCUT2D eigenvalue weighted by Crippen LogP contribution is 2.29. The first-order chi connectivity index (χ1) is 9.33. The molecule has 2 fully saturated rings. The van der Waals surface area contributed by atoms with Crippen LogP contribution < -0.4 is 0 Å². The first kappa shape index (κ1) is 13.1. The van der Waals surface area contributed by atoms with Crippen molar-refractivity contribution in [1.29, 1.82) is 0 Å². The highest BCUT2D eigenvalue weighted by Gasteiger charge is 2.24. The molecule has 2 atom stereocenters. The van der Waals surface area contributed by atoms with Crippen LogP contribution >= 0.6 is 0 Å². The zero-order chi connectivity index (χ0) is 13.1. The van der Waals surface area contributed by atoms with E-state index in [9.17, 15) is 5.11 Å². The minimum atomic E-state index is -0.313. The zero-order valence-corrected chi connectivity index (χ0v) is 11.5. The van der Waals surface area contributed by atoms with Crippen molar-refractivity contribution >= 4 is 0 Å². The molecule has 1 aliphatic carbocycles. The van der Waals surface area contributed by atoms with Crippen LogP contribution in [0.1, 0.15) is 50.3 Å². The monoisotopic (exact) mass is 264 g/mol. The first-order valence-electron chi connectivity index (χ1n) is 7.63. The summed E-state index contributed by atoms with van der Waals surface area (Å²) >= 11 is 0. The number of aromatic nitrogens is 2. The maximum atomic E-state index is 10.3. The predicted octanol–water partition coefficient (Wildman–Crippen LogP) is 2.33. The summed E-state index contributed by atoms with van der Waals surface area (Å²) in [6, 6.07) is 2.65. The van der Waals surface area contributed by atoms with Crippen LogP contribution in [0.3, 0.4) is 0 Å². The van der Waals surface area contributed by atoms with Gasteiger partial charge in [0.2, 0.25) is 0 Å². The standard InChI is InChI=1S/C15H24N2O2/c18-15(12-4-3-9-19-11-12)10-13-7-8-17(16-13)14-5-1-2-6-14/h7-8,12,14-15,18H,1-6,9-11H2. The summed E-state index contributed by atoms with van der Waals surface area (Å²) in [6.07, 6.45) is 9.71. The van der Waals surface area contributed by atoms with Gasteiger partial charge < -0.3 is 9.84 Å². The summed E-state index contributed by atoms with van der Waals surface area (Å²) in [5.74, 6) is 0.283. The molecule has 1 aromatic rings. The number of hydrogen-bond acceptors (Lipinski definition) is 3. The van der Waals surface area contributed by atoms with E-state index < -0.39 is 0 Å². The molecule has 1 saturated carbocycles. The van der Waals surface area contributed by atoms with E-state index in [0.717, 1.165) is 25.1 Å². The third-order valence-corrected chi connectivity index (χ3v) is 4.52. The Morgan fingerprint density at radius 2 is 2.16 bits per heavy atom. The average molecular weight is 264 g/mol. The summed E-state index contributed by atoms with van der Waals surface area (Å²) in [7, 11) is 0. The van der Waals surface area contributed by atoms with Gasteiger partial charge in [0.1, 0.15) is 0 Å². The van der Waals surface area contributed by atoms with Crippen molar-refractivity contribution in [3.8, 4) is 0 Å². The lowest BCUT2D eigenvalue weighted by molar-refractivity contribution is -0.00884. The summed E-state index contributed by atoms with van der Waals surface area (Å²) < 4.78 is 7.55. The van der Waals surface area contributed by atoms with Crippen LogP contribution in [0.25, 0.3) is 0 Å². The van der Waals surface area contributed by atoms with Gasteiger partial charge in [-0.3, -0.25) is 4.68 Å². The van der Waals surface area contributed by atoms with Crippen LogP contribution in [0.15, 0.2) is 12.3 Å². The molecule has 1 aromatic heterocycles. The van der Waals surface area contributed by atoms with E-state index in [-0.39, 0.29) is 12.0 Å². The highest BCUT2D eigenvalue weighted by atomic mass is 16.5. The van der Waals surface area contributed by atoms with Crippen molar-refractivity contribution in [2.45, 2.75) is 57.1 Å². The van der Waals surface area contributed by atoms with Gasteiger partial charge in [-0.05, 0) is 31.7 Å². The Hall–Kier alpha value is -0.870. The Balaban J connectivity index is 1.56. The van der Waals surface area contributed by atoms with Crippen molar-refractivity contribution in [2.24, 2.45) is 5.92 Å². The Morgan fingerprint density at radius 1 is 1.32 bits per heavy atom. The van der Waals surface area contributed by atoms with Crippen LogP contribution in [-0.4, -0.2) is 34.2 Å². The van der Waals surface area contributed by atoms with Gasteiger partial charge in [0, 0.05) is 25.1 Å². The molecule has 0 spiro atoms. The van der Waals surface area contributed by atoms with Gasteiger partial charge >= 0.3 is 0 Å². The maximum Gasteiger partial charge on any atom is 0.0650 e. The van der Waals surface area contributed by atoms with Crippen molar-refractivity contribution in [3.63, 3.8) is 0 Å². The second kappa shape index (κ2) is 6.06. The molecule has 0 amide bonds. The molecule has 4 nitrogen and oxygen atoms in total. The number of rotatable bonds is 4. The van der Waals surface area contributed by atoms with Crippen molar-refractivity contribution in [2.75, 3.05) is 13.2 Å². The van der Waals surface area contributed by atoms with Gasteiger partial charge in [0.05, 0.1) is 24.4 Å². The third kappa shape index (κ3) is 3.18. The van der Waals surface area contributed by atoms with Crippen LogP contribution in [0.2, 0.25) is 0 Å². The smallest absolute Gasteiger partial charge is 0.0650 e. The fraction of sp³-hybridized carbons (Fsp3) is 0.800. The third-order valence-electron chi connectivity index (χ3n) is 4.52. The van der Waals surface area contributed by atoms with Gasteiger partial charge in [-0.25, -0.2) is 0 Å². The van der Waals surface area contributed by atoms with E-state index in [1.54, 1.807) is 0 Å². The zero-order valence-electron chi connectivity index (χ0n) is 11.5. The minimum absolute atomic E-state index is 0.283. The van der Waals surface area contributed by atoms with Crippen LogP contribution in [0.4, 0.5) is 0 Å². The topological polar surface area (TPSA) is 47.3 Å². The molecule has 0 aromatic carbocycles. The Morgan fingerprint density at radius 3 is 2.89 bits per heavy atom. The van der Waals surface area contributed by atoms with Crippen LogP contribution in [0, 0.1) is 5.92 Å². The number of aliphatic hydroxyl groups is 1. The average Bonchev–Trinajstić information content (AvgIpc) is 3.10. The van der Waals surface area contributed by atoms with Gasteiger partial charge in [-0.2, -0.15) is 5.10 Å². The second-order valence-corrected chi connectivity index (χ2v) is 5.97. The van der Waals surface area contributed by atoms with E-state index in [4.69, 9.17) is 4.74 Å². The molecule has 106 valence electrons. The van der Waals surface area contributed by atoms with E-state index in [0.29, 0.717) is 19.1 Å². The van der Waals surface area contributed by atoms with E-state index in [2.05, 4.69) is 22.0 Å². The van der Waals surface area contributed by atoms with Gasteiger partial charge in [0.25, 0.3) is 0 Å². The highest BCUT2D eigenvalue weighted by molar-refractivity contribution is 5.02. The lowest BCUT2D eigenvalue weighted by Gasteiger charge is -2.26. The molecule has 2 aliphatic rings. The minimum Gasteiger partial charge on any atom is -0.392 e. The Bertz CT molecular complexity index is 393. The molecule has 0 radical (unpaired) electrons. The number of ether oxygens (including phenoxy) is 1. The normalized spacial score (nSPS) is 26.7. The molecule has 1 aliphatic heterocycles. The lowest BCUT2D eigenvalue weighted by Crippen LogP contribution is -2.30. The molecule has 4 heteroatoms. The Labute approximate surface area is 114 Å². The van der Waals surface area contributed by atoms with Crippen LogP contribution in [0.5, 0.6) is 0 Å². The number of hydrogen-bond donors (Lipinski definition) is 1. The fourth-order valence-electron chi connectivity index (χ4n) is 3.31. The maximum absolute atomic E-state index is 10.3. The van der Waals surface area contributed by atoms with Gasteiger partial charge in [-0.1, -0.05) is 12.8 Å². The summed E-state index contributed by atoms with van der Waals surface area (Å²) in [5.41, 5.74) is 1.02. The molecule has 0 bridgehead atoms. The number of nitrogens with zero attached hydrogens (tertiary/aromatic N) is 2. The van der Waals surface area contributed by atoms with Gasteiger partial charge in [0.15, 0.2) is 0 Å². The molecular formula is C15H24N2O2. The van der Waals surface area contributed by atoms with E-state index in [1.165, 1.54) is 25.7 Å². The van der Waals surface area contributed by atoms with E-state index in [1.807, 2.05) is 0 Å². The fourth-order valence-corrected chi connectivity index (χ4v) is 3.31. The van der Waals surface area contributed by atoms with Crippen molar-refractivity contribution in [3.05, 3.63) is 18.0 Å². The van der Waals surface area contributed by atoms with Crippen molar-refractivity contribution < 1.29 is 9.84 Å². The summed E-state index contributed by atoms with van der Waals surface area (Å²) in [6.45, 7) is 1.55. The molecule has 19 heavy (non-hydrogen) atoms. The van der Waals surface area contributed by atoms with Gasteiger partial charge in [-0.15, -0.1) is 0 Å². The predicted molar refractivity (Wildman–Crippen MR) is 73.0 cm³/mol. The SMILES string of the molecule is OC(Cc1ccn(C2CCCC2)n1)C1CCCOC1. The number of aliphatic hydroxyl groups excluding tert-OH is 1. The molecule has 2 heterocycles. The molecule has 1 N–H and O–H groups in total. The summed E-state index contributed by atoms with van der Waals surface area (Å²) in [4.78, 5) is 0. The van der Waals surface area contributed by atoms with E-state index >= 15 is 0 Å². The summed E-state index contributed by atoms with van der Waals surface area (Å²) in [5, 5.41) is 14.9. The Kier molecular flexibility index (Phi) is 4.18. The lowest BCUT2D eigenvalue weighted by atomic mass is 9.93. The van der Waals surface area contributed by atoms with Crippen LogP contribution in [-0.2, 0) is 11.2 Å². The molecule has 3 rings (SSSR count). The quantitative estimate of drug-likeness (QED) is 0.908. The molecule has 1 saturated heterocycles. The molecule has 2 unspecified atom stereocenters. The van der Waals surface area contributed by atoms with Crippen molar-refractivity contribution in [1.82, 2.24) is 9.78 Å².